The minimum Gasteiger partial charge on any atom is -0.355 e. The Hall–Kier alpha value is -3.27. The Morgan fingerprint density at radius 1 is 1.11 bits per heavy atom. The summed E-state index contributed by atoms with van der Waals surface area (Å²) in [6.07, 6.45) is 1.24. The van der Waals surface area contributed by atoms with Gasteiger partial charge in [-0.3, -0.25) is 9.36 Å². The summed E-state index contributed by atoms with van der Waals surface area (Å²) in [6.45, 7) is 7.85. The van der Waals surface area contributed by atoms with Gasteiger partial charge in [-0.25, -0.2) is 13.8 Å². The van der Waals surface area contributed by atoms with Crippen molar-refractivity contribution in [3.05, 3.63) is 58.8 Å². The van der Waals surface area contributed by atoms with Crippen LogP contribution in [0.2, 0.25) is 5.02 Å². The zero-order chi connectivity index (χ0) is 25.4. The van der Waals surface area contributed by atoms with Crippen molar-refractivity contribution >= 4 is 29.3 Å². The lowest BCUT2D eigenvalue weighted by molar-refractivity contribution is -0.145. The predicted octanol–water partition coefficient (Wildman–Crippen LogP) is 3.93. The van der Waals surface area contributed by atoms with Gasteiger partial charge in [0.05, 0.1) is 17.9 Å². The molecule has 1 amide bonds. The van der Waals surface area contributed by atoms with Gasteiger partial charge in [-0.05, 0) is 56.7 Å². The van der Waals surface area contributed by atoms with E-state index in [2.05, 4.69) is 25.0 Å². The molecule has 0 radical (unpaired) electrons. The molecule has 11 heteroatoms. The molecule has 2 saturated heterocycles. The predicted molar refractivity (Wildman–Crippen MR) is 132 cm³/mol. The molecule has 1 atom stereocenters. The van der Waals surface area contributed by atoms with E-state index in [1.807, 2.05) is 23.6 Å². The topological polar surface area (TPSA) is 70.4 Å². The fourth-order valence-corrected chi connectivity index (χ4v) is 5.72. The molecule has 8 nitrogen and oxygen atoms in total. The summed E-state index contributed by atoms with van der Waals surface area (Å²) in [7, 11) is 0. The van der Waals surface area contributed by atoms with Crippen molar-refractivity contribution < 1.29 is 13.6 Å². The zero-order valence-electron chi connectivity index (χ0n) is 20.2. The number of fused-ring (bicyclic) bond motifs is 3. The number of rotatable bonds is 3. The minimum atomic E-state index is -2.02. The van der Waals surface area contributed by atoms with Crippen LogP contribution < -0.4 is 9.80 Å². The van der Waals surface area contributed by atoms with Gasteiger partial charge in [0.2, 0.25) is 5.95 Å². The summed E-state index contributed by atoms with van der Waals surface area (Å²) in [5.41, 5.74) is -0.272. The average Bonchev–Trinajstić information content (AvgIpc) is 3.15. The first-order valence-corrected chi connectivity index (χ1v) is 12.3. The molecule has 3 aliphatic rings. The molecule has 6 rings (SSSR count). The van der Waals surface area contributed by atoms with Gasteiger partial charge in [-0.1, -0.05) is 11.6 Å². The van der Waals surface area contributed by atoms with Crippen LogP contribution in [0.25, 0.3) is 5.69 Å². The maximum Gasteiger partial charge on any atom is 0.260 e. The van der Waals surface area contributed by atoms with Crippen LogP contribution in [0.4, 0.5) is 20.5 Å². The third kappa shape index (κ3) is 3.61. The van der Waals surface area contributed by atoms with Crippen LogP contribution in [-0.2, 0) is 11.3 Å². The Bertz CT molecular complexity index is 1340. The van der Waals surface area contributed by atoms with Crippen LogP contribution in [0.15, 0.2) is 36.5 Å². The van der Waals surface area contributed by atoms with E-state index in [9.17, 15) is 13.6 Å². The van der Waals surface area contributed by atoms with E-state index in [4.69, 9.17) is 11.6 Å². The van der Waals surface area contributed by atoms with E-state index in [0.29, 0.717) is 16.8 Å². The second-order valence-electron chi connectivity index (χ2n) is 10.6. The van der Waals surface area contributed by atoms with E-state index < -0.39 is 17.6 Å². The minimum absolute atomic E-state index is 0.113. The Labute approximate surface area is 212 Å². The van der Waals surface area contributed by atoms with Gasteiger partial charge >= 0.3 is 0 Å². The quantitative estimate of drug-likeness (QED) is 0.528. The molecular formula is C25H26ClF2N7O. The Morgan fingerprint density at radius 2 is 1.83 bits per heavy atom. The number of amides is 1. The summed E-state index contributed by atoms with van der Waals surface area (Å²) in [5, 5.41) is 9.51. The molecule has 0 N–H and O–H groups in total. The van der Waals surface area contributed by atoms with Crippen LogP contribution in [0.3, 0.4) is 0 Å². The number of hydrogen-bond donors (Lipinski definition) is 0. The van der Waals surface area contributed by atoms with Crippen LogP contribution in [-0.4, -0.2) is 62.4 Å². The fraction of sp³-hybridized carbons (Fsp3) is 0.440. The molecular weight excluding hydrogens is 488 g/mol. The largest absolute Gasteiger partial charge is 0.355 e. The smallest absolute Gasteiger partial charge is 0.260 e. The van der Waals surface area contributed by atoms with Crippen LogP contribution in [0, 0.1) is 11.2 Å². The third-order valence-electron chi connectivity index (χ3n) is 7.33. The maximum atomic E-state index is 14.7. The summed E-state index contributed by atoms with van der Waals surface area (Å²) in [5.74, 6) is 1.10. The lowest BCUT2D eigenvalue weighted by Crippen LogP contribution is -2.73. The summed E-state index contributed by atoms with van der Waals surface area (Å²) >= 11 is 6.30. The van der Waals surface area contributed by atoms with Gasteiger partial charge in [0.15, 0.2) is 11.5 Å². The van der Waals surface area contributed by atoms with Gasteiger partial charge in [0, 0.05) is 43.2 Å². The lowest BCUT2D eigenvalue weighted by atomic mass is 9.73. The number of anilines is 2. The summed E-state index contributed by atoms with van der Waals surface area (Å²) < 4.78 is 29.9. The SMILES string of the molecule is CC1c2nnc(N3CC4(CN(c5ccc(F)cn5)C4)C3)n2-c2ccc(Cl)cc2CN1C(=O)C(C)(C)F. The number of carbonyl (C=O) groups is 1. The zero-order valence-corrected chi connectivity index (χ0v) is 21.0. The molecule has 3 aromatic rings. The fourth-order valence-electron chi connectivity index (χ4n) is 5.53. The molecule has 5 heterocycles. The maximum absolute atomic E-state index is 14.7. The molecule has 0 aliphatic carbocycles. The van der Waals surface area contributed by atoms with Gasteiger partial charge in [-0.15, -0.1) is 10.2 Å². The molecule has 0 bridgehead atoms. The number of aromatic nitrogens is 4. The molecule has 2 fully saturated rings. The number of benzene rings is 1. The number of halogens is 3. The summed E-state index contributed by atoms with van der Waals surface area (Å²) in [4.78, 5) is 23.0. The van der Waals surface area contributed by atoms with E-state index in [0.717, 1.165) is 43.2 Å². The van der Waals surface area contributed by atoms with Gasteiger partial charge in [0.25, 0.3) is 5.91 Å². The Balaban J connectivity index is 1.29. The van der Waals surface area contributed by atoms with Crippen molar-refractivity contribution in [3.8, 4) is 5.69 Å². The highest BCUT2D eigenvalue weighted by Gasteiger charge is 2.53. The Morgan fingerprint density at radius 3 is 2.50 bits per heavy atom. The molecule has 3 aliphatic heterocycles. The van der Waals surface area contributed by atoms with Crippen LogP contribution in [0.5, 0.6) is 0 Å². The number of pyridine rings is 1. The molecule has 188 valence electrons. The molecule has 0 saturated carbocycles. The summed E-state index contributed by atoms with van der Waals surface area (Å²) in [6, 6.07) is 8.15. The molecule has 36 heavy (non-hydrogen) atoms. The van der Waals surface area contributed by atoms with Crippen molar-refractivity contribution in [2.45, 2.75) is 39.0 Å². The first-order chi connectivity index (χ1) is 17.0. The number of hydrogen-bond acceptors (Lipinski definition) is 6. The molecule has 1 aromatic carbocycles. The van der Waals surface area contributed by atoms with Crippen molar-refractivity contribution in [1.82, 2.24) is 24.6 Å². The first-order valence-electron chi connectivity index (χ1n) is 11.9. The number of carbonyl (C=O) groups excluding carboxylic acids is 1. The van der Waals surface area contributed by atoms with Crippen molar-refractivity contribution in [1.29, 1.82) is 0 Å². The van der Waals surface area contributed by atoms with E-state index in [1.165, 1.54) is 31.0 Å². The first kappa shape index (κ1) is 23.1. The Kier molecular flexibility index (Phi) is 5.06. The average molecular weight is 514 g/mol. The van der Waals surface area contributed by atoms with E-state index >= 15 is 0 Å². The molecule has 2 aromatic heterocycles. The number of nitrogens with zero attached hydrogens (tertiary/aromatic N) is 7. The van der Waals surface area contributed by atoms with Crippen LogP contribution in [0.1, 0.15) is 38.2 Å². The molecule has 1 unspecified atom stereocenters. The third-order valence-corrected chi connectivity index (χ3v) is 7.56. The number of alkyl halides is 1. The van der Waals surface area contributed by atoms with Gasteiger partial charge in [0.1, 0.15) is 11.6 Å². The molecule has 1 spiro atoms. The second kappa shape index (κ2) is 7.86. The van der Waals surface area contributed by atoms with Crippen LogP contribution >= 0.6 is 11.6 Å². The highest BCUT2D eigenvalue weighted by Crippen LogP contribution is 2.45. The standard InChI is InChI=1S/C25H26ClF2N7O/c1-15-21-30-31-23(33-13-25(14-33)11-32(12-25)20-7-5-18(27)9-29-20)35(21)19-6-4-17(26)8-16(19)10-34(15)22(36)24(2,3)28/h4-9,15H,10-14H2,1-3H3. The van der Waals surface area contributed by atoms with Gasteiger partial charge < -0.3 is 14.7 Å². The lowest BCUT2D eigenvalue weighted by Gasteiger charge is -2.60. The van der Waals surface area contributed by atoms with Crippen molar-refractivity contribution in [3.63, 3.8) is 0 Å². The highest BCUT2D eigenvalue weighted by molar-refractivity contribution is 6.30. The van der Waals surface area contributed by atoms with E-state index in [1.54, 1.807) is 12.1 Å². The second-order valence-corrected chi connectivity index (χ2v) is 11.0. The highest BCUT2D eigenvalue weighted by atomic mass is 35.5. The van der Waals surface area contributed by atoms with E-state index in [-0.39, 0.29) is 17.8 Å². The monoisotopic (exact) mass is 513 g/mol. The van der Waals surface area contributed by atoms with Gasteiger partial charge in [-0.2, -0.15) is 0 Å². The van der Waals surface area contributed by atoms with Crippen molar-refractivity contribution in [2.75, 3.05) is 36.0 Å². The normalized spacial score (nSPS) is 20.4. The van der Waals surface area contributed by atoms with Crippen molar-refractivity contribution in [2.24, 2.45) is 5.41 Å².